The van der Waals surface area contributed by atoms with E-state index in [1.54, 1.807) is 4.90 Å². The molecule has 1 fully saturated rings. The minimum Gasteiger partial charge on any atom is -0.375 e. The predicted molar refractivity (Wildman–Crippen MR) is 99.3 cm³/mol. The number of carbonyl (C=O) groups excluding carboxylic acids is 1. The van der Waals surface area contributed by atoms with Crippen LogP contribution in [0.1, 0.15) is 25.8 Å². The third-order valence-corrected chi connectivity index (χ3v) is 4.80. The van der Waals surface area contributed by atoms with Gasteiger partial charge in [-0.25, -0.2) is 0 Å². The molecule has 2 heterocycles. The van der Waals surface area contributed by atoms with Crippen LogP contribution in [0, 0.1) is 0 Å². The van der Waals surface area contributed by atoms with Crippen LogP contribution >= 0.6 is 0 Å². The molecule has 5 nitrogen and oxygen atoms in total. The summed E-state index contributed by atoms with van der Waals surface area (Å²) in [5.74, 6) is 0.115. The normalized spacial score (nSPS) is 18.6. The SMILES string of the molecule is CC(C)N1CCO[C@H](CC(=O)N(C)Cc2cnc3ccccc3c2)C1. The van der Waals surface area contributed by atoms with Crippen molar-refractivity contribution in [2.75, 3.05) is 26.7 Å². The van der Waals surface area contributed by atoms with Gasteiger partial charge >= 0.3 is 0 Å². The van der Waals surface area contributed by atoms with E-state index >= 15 is 0 Å². The molecule has 0 N–H and O–H groups in total. The summed E-state index contributed by atoms with van der Waals surface area (Å²) >= 11 is 0. The summed E-state index contributed by atoms with van der Waals surface area (Å²) in [5, 5.41) is 1.10. The Kier molecular flexibility index (Phi) is 5.66. The average molecular weight is 341 g/mol. The maximum atomic E-state index is 12.6. The smallest absolute Gasteiger partial charge is 0.225 e. The van der Waals surface area contributed by atoms with Crippen molar-refractivity contribution in [3.8, 4) is 0 Å². The van der Waals surface area contributed by atoms with Crippen molar-refractivity contribution < 1.29 is 9.53 Å². The van der Waals surface area contributed by atoms with Gasteiger partial charge in [-0.15, -0.1) is 0 Å². The lowest BCUT2D eigenvalue weighted by molar-refractivity contribution is -0.135. The van der Waals surface area contributed by atoms with Crippen molar-refractivity contribution in [1.29, 1.82) is 0 Å². The summed E-state index contributed by atoms with van der Waals surface area (Å²) in [7, 11) is 1.85. The monoisotopic (exact) mass is 341 g/mol. The highest BCUT2D eigenvalue weighted by Gasteiger charge is 2.25. The molecule has 1 aromatic heterocycles. The molecule has 0 bridgehead atoms. The highest BCUT2D eigenvalue weighted by Crippen LogP contribution is 2.16. The van der Waals surface area contributed by atoms with Gasteiger partial charge in [0.25, 0.3) is 0 Å². The molecule has 0 radical (unpaired) electrons. The Morgan fingerprint density at radius 3 is 3.00 bits per heavy atom. The van der Waals surface area contributed by atoms with Crippen molar-refractivity contribution in [2.24, 2.45) is 0 Å². The van der Waals surface area contributed by atoms with Gasteiger partial charge in [0.15, 0.2) is 0 Å². The number of fused-ring (bicyclic) bond motifs is 1. The molecule has 0 aliphatic carbocycles. The van der Waals surface area contributed by atoms with Crippen molar-refractivity contribution in [3.05, 3.63) is 42.1 Å². The first kappa shape index (κ1) is 17.8. The first-order valence-electron chi connectivity index (χ1n) is 8.96. The third-order valence-electron chi connectivity index (χ3n) is 4.80. The van der Waals surface area contributed by atoms with Gasteiger partial charge in [0, 0.05) is 44.3 Å². The second-order valence-electron chi connectivity index (χ2n) is 7.07. The van der Waals surface area contributed by atoms with Crippen LogP contribution in [0.2, 0.25) is 0 Å². The zero-order chi connectivity index (χ0) is 17.8. The molecule has 1 aliphatic rings. The minimum atomic E-state index is -0.0131. The molecule has 5 heteroatoms. The number of para-hydroxylation sites is 1. The van der Waals surface area contributed by atoms with E-state index in [1.165, 1.54) is 0 Å². The Morgan fingerprint density at radius 2 is 2.20 bits per heavy atom. The van der Waals surface area contributed by atoms with Crippen molar-refractivity contribution in [2.45, 2.75) is 39.0 Å². The molecule has 0 saturated carbocycles. The predicted octanol–water partition coefficient (Wildman–Crippen LogP) is 2.69. The Balaban J connectivity index is 1.58. The number of aromatic nitrogens is 1. The van der Waals surface area contributed by atoms with E-state index in [-0.39, 0.29) is 12.0 Å². The van der Waals surface area contributed by atoms with Gasteiger partial charge in [-0.05, 0) is 31.5 Å². The van der Waals surface area contributed by atoms with Crippen LogP contribution in [0.3, 0.4) is 0 Å². The molecule has 1 atom stereocenters. The van der Waals surface area contributed by atoms with E-state index in [1.807, 2.05) is 37.5 Å². The molecule has 3 rings (SSSR count). The van der Waals surface area contributed by atoms with Gasteiger partial charge in [-0.2, -0.15) is 0 Å². The lowest BCUT2D eigenvalue weighted by Gasteiger charge is -2.35. The number of pyridine rings is 1. The van der Waals surface area contributed by atoms with Crippen molar-refractivity contribution >= 4 is 16.8 Å². The van der Waals surface area contributed by atoms with Gasteiger partial charge in [0.05, 0.1) is 24.6 Å². The molecule has 0 unspecified atom stereocenters. The highest BCUT2D eigenvalue weighted by molar-refractivity contribution is 5.79. The number of benzene rings is 1. The summed E-state index contributed by atoms with van der Waals surface area (Å²) in [6, 6.07) is 10.6. The fourth-order valence-electron chi connectivity index (χ4n) is 3.25. The number of amides is 1. The fourth-order valence-corrected chi connectivity index (χ4v) is 3.25. The minimum absolute atomic E-state index is 0.0131. The second-order valence-corrected chi connectivity index (χ2v) is 7.07. The Bertz CT molecular complexity index is 732. The Hall–Kier alpha value is -1.98. The molecular formula is C20H27N3O2. The van der Waals surface area contributed by atoms with E-state index in [9.17, 15) is 4.79 Å². The molecule has 1 aliphatic heterocycles. The molecule has 0 spiro atoms. The van der Waals surface area contributed by atoms with E-state index in [0.29, 0.717) is 25.6 Å². The first-order chi connectivity index (χ1) is 12.0. The zero-order valence-corrected chi connectivity index (χ0v) is 15.3. The molecular weight excluding hydrogens is 314 g/mol. The van der Waals surface area contributed by atoms with Crippen LogP contribution < -0.4 is 0 Å². The maximum absolute atomic E-state index is 12.6. The number of ether oxygens (including phenoxy) is 1. The summed E-state index contributed by atoms with van der Waals surface area (Å²) in [6.45, 7) is 7.41. The van der Waals surface area contributed by atoms with Crippen LogP contribution in [0.5, 0.6) is 0 Å². The Morgan fingerprint density at radius 1 is 1.40 bits per heavy atom. The van der Waals surface area contributed by atoms with Crippen LogP contribution in [0.15, 0.2) is 36.5 Å². The van der Waals surface area contributed by atoms with Crippen molar-refractivity contribution in [3.63, 3.8) is 0 Å². The molecule has 25 heavy (non-hydrogen) atoms. The lowest BCUT2D eigenvalue weighted by atomic mass is 10.1. The summed E-state index contributed by atoms with van der Waals surface area (Å²) in [4.78, 5) is 21.2. The van der Waals surface area contributed by atoms with Gasteiger partial charge < -0.3 is 9.64 Å². The summed E-state index contributed by atoms with van der Waals surface area (Å²) in [6.07, 6.45) is 2.27. The molecule has 2 aromatic rings. The van der Waals surface area contributed by atoms with Gasteiger partial charge in [-0.3, -0.25) is 14.7 Å². The Labute approximate surface area is 149 Å². The van der Waals surface area contributed by atoms with E-state index in [0.717, 1.165) is 29.6 Å². The van der Waals surface area contributed by atoms with E-state index < -0.39 is 0 Å². The molecule has 1 aromatic carbocycles. The number of rotatable bonds is 5. The van der Waals surface area contributed by atoms with Crippen LogP contribution in [0.25, 0.3) is 10.9 Å². The quantitative estimate of drug-likeness (QED) is 0.839. The summed E-state index contributed by atoms with van der Waals surface area (Å²) < 4.78 is 5.79. The van der Waals surface area contributed by atoms with Gasteiger partial charge in [0.2, 0.25) is 5.91 Å². The van der Waals surface area contributed by atoms with Crippen molar-refractivity contribution in [1.82, 2.24) is 14.8 Å². The summed E-state index contributed by atoms with van der Waals surface area (Å²) in [5.41, 5.74) is 2.02. The van der Waals surface area contributed by atoms with Crippen LogP contribution in [0.4, 0.5) is 0 Å². The highest BCUT2D eigenvalue weighted by atomic mass is 16.5. The lowest BCUT2D eigenvalue weighted by Crippen LogP contribution is -2.47. The zero-order valence-electron chi connectivity index (χ0n) is 15.3. The third kappa shape index (κ3) is 4.55. The number of nitrogens with zero attached hydrogens (tertiary/aromatic N) is 3. The molecule has 1 saturated heterocycles. The van der Waals surface area contributed by atoms with Crippen LogP contribution in [-0.2, 0) is 16.1 Å². The number of hydrogen-bond donors (Lipinski definition) is 0. The number of carbonyl (C=O) groups is 1. The first-order valence-corrected chi connectivity index (χ1v) is 8.96. The number of morpholine rings is 1. The topological polar surface area (TPSA) is 45.7 Å². The van der Waals surface area contributed by atoms with Gasteiger partial charge in [0.1, 0.15) is 0 Å². The van der Waals surface area contributed by atoms with E-state index in [2.05, 4.69) is 29.8 Å². The average Bonchev–Trinajstić information content (AvgIpc) is 2.61. The molecule has 1 amide bonds. The number of hydrogen-bond acceptors (Lipinski definition) is 4. The fraction of sp³-hybridized carbons (Fsp3) is 0.500. The maximum Gasteiger partial charge on any atom is 0.225 e. The standard InChI is InChI=1S/C20H27N3O2/c1-15(2)23-8-9-25-18(14-23)11-20(24)22(3)13-16-10-17-6-4-5-7-19(17)21-12-16/h4-7,10,12,15,18H,8-9,11,13-14H2,1-3H3/t18-/m1/s1. The van der Waals surface area contributed by atoms with Crippen LogP contribution in [-0.4, -0.2) is 59.6 Å². The molecule has 134 valence electrons. The second kappa shape index (κ2) is 7.93. The van der Waals surface area contributed by atoms with Gasteiger partial charge in [-0.1, -0.05) is 18.2 Å². The van der Waals surface area contributed by atoms with E-state index in [4.69, 9.17) is 4.74 Å². The largest absolute Gasteiger partial charge is 0.375 e.